The van der Waals surface area contributed by atoms with Crippen LogP contribution in [0, 0.1) is 6.92 Å². The summed E-state index contributed by atoms with van der Waals surface area (Å²) in [7, 11) is 1.80. The van der Waals surface area contributed by atoms with Gasteiger partial charge in [0.2, 0.25) is 0 Å². The van der Waals surface area contributed by atoms with Gasteiger partial charge in [0.05, 0.1) is 6.54 Å². The first kappa shape index (κ1) is 13.8. The third-order valence-corrected chi connectivity index (χ3v) is 3.79. The number of carbonyl (C=O) groups excluding carboxylic acids is 1. The molecule has 0 saturated carbocycles. The molecule has 1 N–H and O–H groups in total. The molecule has 1 aromatic heterocycles. The minimum absolute atomic E-state index is 0.0365. The van der Waals surface area contributed by atoms with Gasteiger partial charge in [0.1, 0.15) is 11.5 Å². The number of carbonyl (C=O) groups is 1. The van der Waals surface area contributed by atoms with E-state index in [-0.39, 0.29) is 5.91 Å². The Balaban J connectivity index is 1.81. The van der Waals surface area contributed by atoms with Gasteiger partial charge in [0, 0.05) is 25.2 Å². The summed E-state index contributed by atoms with van der Waals surface area (Å²) in [5, 5.41) is 7.27. The van der Waals surface area contributed by atoms with E-state index in [0.717, 1.165) is 36.5 Å². The molecule has 2 aromatic rings. The molecule has 5 nitrogen and oxygen atoms in total. The molecule has 21 heavy (non-hydrogen) atoms. The van der Waals surface area contributed by atoms with E-state index in [2.05, 4.69) is 16.5 Å². The number of aryl methyl sites for hydroxylation is 1. The summed E-state index contributed by atoms with van der Waals surface area (Å²) < 4.78 is 5.05. The van der Waals surface area contributed by atoms with Gasteiger partial charge >= 0.3 is 0 Å². The number of rotatable bonds is 3. The molecule has 1 aliphatic heterocycles. The van der Waals surface area contributed by atoms with Crippen molar-refractivity contribution in [2.24, 2.45) is 0 Å². The predicted octanol–water partition coefficient (Wildman–Crippen LogP) is 1.90. The number of hydrogen-bond donors (Lipinski definition) is 1. The van der Waals surface area contributed by atoms with E-state index in [1.54, 1.807) is 11.9 Å². The average Bonchev–Trinajstić information content (AvgIpc) is 2.91. The van der Waals surface area contributed by atoms with Gasteiger partial charge in [-0.15, -0.1) is 0 Å². The first-order chi connectivity index (χ1) is 10.1. The van der Waals surface area contributed by atoms with Crippen LogP contribution in [-0.4, -0.2) is 29.6 Å². The van der Waals surface area contributed by atoms with Crippen molar-refractivity contribution in [1.29, 1.82) is 0 Å². The summed E-state index contributed by atoms with van der Waals surface area (Å²) in [5.41, 5.74) is 3.97. The molecule has 0 radical (unpaired) electrons. The van der Waals surface area contributed by atoms with Gasteiger partial charge < -0.3 is 14.7 Å². The fourth-order valence-corrected chi connectivity index (χ4v) is 2.75. The summed E-state index contributed by atoms with van der Waals surface area (Å²) >= 11 is 0. The zero-order valence-electron chi connectivity index (χ0n) is 12.3. The monoisotopic (exact) mass is 285 g/mol. The van der Waals surface area contributed by atoms with Gasteiger partial charge in [-0.05, 0) is 37.1 Å². The van der Waals surface area contributed by atoms with Gasteiger partial charge in [0.25, 0.3) is 5.91 Å². The number of amides is 1. The first-order valence-electron chi connectivity index (χ1n) is 7.14. The van der Waals surface area contributed by atoms with Crippen LogP contribution in [-0.2, 0) is 19.5 Å². The molecule has 0 aliphatic carbocycles. The zero-order chi connectivity index (χ0) is 14.8. The predicted molar refractivity (Wildman–Crippen MR) is 78.9 cm³/mol. The molecular weight excluding hydrogens is 266 g/mol. The van der Waals surface area contributed by atoms with Crippen LogP contribution in [0.3, 0.4) is 0 Å². The SMILES string of the molecule is Cc1cc(CN(C)C(=O)c2cccc3c2CCNC3)no1. The Morgan fingerprint density at radius 2 is 2.33 bits per heavy atom. The van der Waals surface area contributed by atoms with E-state index in [9.17, 15) is 4.79 Å². The normalized spacial score (nSPS) is 13.8. The number of hydrogen-bond acceptors (Lipinski definition) is 4. The highest BCUT2D eigenvalue weighted by atomic mass is 16.5. The topological polar surface area (TPSA) is 58.4 Å². The van der Waals surface area contributed by atoms with Crippen molar-refractivity contribution in [3.8, 4) is 0 Å². The molecule has 0 unspecified atom stereocenters. The van der Waals surface area contributed by atoms with Crippen molar-refractivity contribution in [3.63, 3.8) is 0 Å². The maximum atomic E-state index is 12.7. The van der Waals surface area contributed by atoms with Gasteiger partial charge in [-0.1, -0.05) is 17.3 Å². The Morgan fingerprint density at radius 3 is 3.10 bits per heavy atom. The molecular formula is C16H19N3O2. The Labute approximate surface area is 123 Å². The summed E-state index contributed by atoms with van der Waals surface area (Å²) in [6, 6.07) is 7.80. The highest BCUT2D eigenvalue weighted by Crippen LogP contribution is 2.20. The van der Waals surface area contributed by atoms with Crippen molar-refractivity contribution in [3.05, 3.63) is 52.4 Å². The standard InChI is InChI=1S/C16H19N3O2/c1-11-8-13(18-21-11)10-19(2)16(20)15-5-3-4-12-9-17-7-6-14(12)15/h3-5,8,17H,6-7,9-10H2,1-2H3. The Kier molecular flexibility index (Phi) is 3.75. The Morgan fingerprint density at radius 1 is 1.48 bits per heavy atom. The second-order valence-electron chi connectivity index (χ2n) is 5.46. The molecule has 1 amide bonds. The van der Waals surface area contributed by atoms with E-state index in [0.29, 0.717) is 6.54 Å². The zero-order valence-corrected chi connectivity index (χ0v) is 12.3. The molecule has 0 bridgehead atoms. The number of aromatic nitrogens is 1. The molecule has 1 aliphatic rings. The molecule has 0 fully saturated rings. The molecule has 1 aromatic carbocycles. The number of fused-ring (bicyclic) bond motifs is 1. The van der Waals surface area contributed by atoms with Gasteiger partial charge in [-0.25, -0.2) is 0 Å². The number of nitrogens with zero attached hydrogens (tertiary/aromatic N) is 2. The van der Waals surface area contributed by atoms with E-state index in [1.807, 2.05) is 25.1 Å². The molecule has 5 heteroatoms. The molecule has 3 rings (SSSR count). The van der Waals surface area contributed by atoms with Crippen molar-refractivity contribution in [2.45, 2.75) is 26.4 Å². The largest absolute Gasteiger partial charge is 0.361 e. The Bertz CT molecular complexity index is 663. The molecule has 110 valence electrons. The molecule has 2 heterocycles. The maximum absolute atomic E-state index is 12.7. The summed E-state index contributed by atoms with van der Waals surface area (Å²) in [4.78, 5) is 14.4. The summed E-state index contributed by atoms with van der Waals surface area (Å²) in [5.74, 6) is 0.795. The van der Waals surface area contributed by atoms with Gasteiger partial charge in [-0.3, -0.25) is 4.79 Å². The van der Waals surface area contributed by atoms with Crippen molar-refractivity contribution in [1.82, 2.24) is 15.4 Å². The van der Waals surface area contributed by atoms with Gasteiger partial charge in [0.15, 0.2) is 0 Å². The Hall–Kier alpha value is -2.14. The van der Waals surface area contributed by atoms with E-state index in [1.165, 1.54) is 11.1 Å². The van der Waals surface area contributed by atoms with E-state index in [4.69, 9.17) is 4.52 Å². The maximum Gasteiger partial charge on any atom is 0.254 e. The lowest BCUT2D eigenvalue weighted by molar-refractivity contribution is 0.0780. The third-order valence-electron chi connectivity index (χ3n) is 3.79. The minimum Gasteiger partial charge on any atom is -0.361 e. The van der Waals surface area contributed by atoms with Crippen LogP contribution in [0.4, 0.5) is 0 Å². The first-order valence-corrected chi connectivity index (χ1v) is 7.14. The lowest BCUT2D eigenvalue weighted by Gasteiger charge is -2.22. The molecule has 0 spiro atoms. The smallest absolute Gasteiger partial charge is 0.254 e. The minimum atomic E-state index is 0.0365. The van der Waals surface area contributed by atoms with Crippen molar-refractivity contribution in [2.75, 3.05) is 13.6 Å². The van der Waals surface area contributed by atoms with Crippen LogP contribution in [0.15, 0.2) is 28.8 Å². The highest BCUT2D eigenvalue weighted by Gasteiger charge is 2.20. The fraction of sp³-hybridized carbons (Fsp3) is 0.375. The summed E-state index contributed by atoms with van der Waals surface area (Å²) in [6.07, 6.45) is 0.897. The third kappa shape index (κ3) is 2.83. The average molecular weight is 285 g/mol. The van der Waals surface area contributed by atoms with E-state index >= 15 is 0 Å². The molecule has 0 saturated heterocycles. The number of benzene rings is 1. The fourth-order valence-electron chi connectivity index (χ4n) is 2.75. The van der Waals surface area contributed by atoms with Crippen LogP contribution in [0.1, 0.15) is 32.9 Å². The van der Waals surface area contributed by atoms with Gasteiger partial charge in [-0.2, -0.15) is 0 Å². The van der Waals surface area contributed by atoms with E-state index < -0.39 is 0 Å². The quantitative estimate of drug-likeness (QED) is 0.935. The van der Waals surface area contributed by atoms with Crippen LogP contribution in [0.25, 0.3) is 0 Å². The second-order valence-corrected chi connectivity index (χ2v) is 5.46. The highest BCUT2D eigenvalue weighted by molar-refractivity contribution is 5.96. The lowest BCUT2D eigenvalue weighted by atomic mass is 9.95. The van der Waals surface area contributed by atoms with Crippen LogP contribution in [0.5, 0.6) is 0 Å². The number of nitrogens with one attached hydrogen (secondary N) is 1. The summed E-state index contributed by atoms with van der Waals surface area (Å²) in [6.45, 7) is 4.06. The van der Waals surface area contributed by atoms with Crippen molar-refractivity contribution < 1.29 is 9.32 Å². The second kappa shape index (κ2) is 5.69. The van der Waals surface area contributed by atoms with Crippen LogP contribution < -0.4 is 5.32 Å². The van der Waals surface area contributed by atoms with Crippen LogP contribution in [0.2, 0.25) is 0 Å². The van der Waals surface area contributed by atoms with Crippen molar-refractivity contribution >= 4 is 5.91 Å². The lowest BCUT2D eigenvalue weighted by Crippen LogP contribution is -2.30. The molecule has 0 atom stereocenters. The van der Waals surface area contributed by atoms with Crippen LogP contribution >= 0.6 is 0 Å².